The first-order valence-corrected chi connectivity index (χ1v) is 7.86. The molecule has 2 N–H and O–H groups in total. The molecule has 0 amide bonds. The Kier molecular flexibility index (Phi) is 3.92. The van der Waals surface area contributed by atoms with Crippen molar-refractivity contribution in [2.45, 2.75) is 38.8 Å². The van der Waals surface area contributed by atoms with E-state index in [0.717, 1.165) is 23.6 Å². The summed E-state index contributed by atoms with van der Waals surface area (Å²) in [7, 11) is 0. The summed E-state index contributed by atoms with van der Waals surface area (Å²) in [6.07, 6.45) is 1.89. The van der Waals surface area contributed by atoms with Crippen molar-refractivity contribution < 1.29 is 0 Å². The molecular weight excluding hydrogens is 280 g/mol. The lowest BCUT2D eigenvalue weighted by atomic mass is 10.0. The fourth-order valence-electron chi connectivity index (χ4n) is 3.25. The second kappa shape index (κ2) is 5.70. The first kappa shape index (κ1) is 14.4. The van der Waals surface area contributed by atoms with Crippen molar-refractivity contribution >= 4 is 23.0 Å². The summed E-state index contributed by atoms with van der Waals surface area (Å²) in [4.78, 5) is 2.37. The molecule has 0 fully saturated rings. The third kappa shape index (κ3) is 2.66. The van der Waals surface area contributed by atoms with Crippen LogP contribution >= 0.6 is 11.6 Å². The molecule has 1 aliphatic heterocycles. The van der Waals surface area contributed by atoms with Gasteiger partial charge in [-0.2, -0.15) is 0 Å². The highest BCUT2D eigenvalue weighted by molar-refractivity contribution is 6.33. The minimum Gasteiger partial charge on any atom is -0.337 e. The number of para-hydroxylation sites is 2. The lowest BCUT2D eigenvalue weighted by molar-refractivity contribution is 0.722. The van der Waals surface area contributed by atoms with Crippen LogP contribution in [0.25, 0.3) is 0 Å². The zero-order chi connectivity index (χ0) is 15.0. The lowest BCUT2D eigenvalue weighted by Crippen LogP contribution is -2.27. The monoisotopic (exact) mass is 300 g/mol. The minimum absolute atomic E-state index is 0.121. The maximum atomic E-state index is 6.54. The number of rotatable bonds is 3. The van der Waals surface area contributed by atoms with E-state index in [1.165, 1.54) is 16.8 Å². The molecule has 21 heavy (non-hydrogen) atoms. The van der Waals surface area contributed by atoms with E-state index in [0.29, 0.717) is 6.04 Å². The van der Waals surface area contributed by atoms with Gasteiger partial charge in [-0.15, -0.1) is 0 Å². The Morgan fingerprint density at radius 1 is 1.24 bits per heavy atom. The maximum Gasteiger partial charge on any atom is 0.0646 e. The summed E-state index contributed by atoms with van der Waals surface area (Å²) in [5.41, 5.74) is 11.0. The van der Waals surface area contributed by atoms with Crippen LogP contribution in [0.5, 0.6) is 0 Å². The van der Waals surface area contributed by atoms with Crippen LogP contribution in [0.15, 0.2) is 42.5 Å². The van der Waals surface area contributed by atoms with Crippen LogP contribution in [0, 0.1) is 0 Å². The third-order valence-corrected chi connectivity index (χ3v) is 4.37. The number of benzene rings is 2. The molecule has 2 nitrogen and oxygen atoms in total. The van der Waals surface area contributed by atoms with Crippen LogP contribution in [-0.4, -0.2) is 12.1 Å². The number of hydrogen-bond acceptors (Lipinski definition) is 2. The summed E-state index contributed by atoms with van der Waals surface area (Å²) >= 11 is 6.54. The van der Waals surface area contributed by atoms with E-state index < -0.39 is 0 Å². The Morgan fingerprint density at radius 2 is 2.00 bits per heavy atom. The number of fused-ring (bicyclic) bond motifs is 1. The Bertz CT molecular complexity index is 651. The third-order valence-electron chi connectivity index (χ3n) is 4.06. The van der Waals surface area contributed by atoms with Crippen LogP contribution in [0.3, 0.4) is 0 Å². The predicted octanol–water partition coefficient (Wildman–Crippen LogP) is 4.31. The number of nitrogens with two attached hydrogens (primary N) is 1. The number of halogens is 1. The van der Waals surface area contributed by atoms with Crippen molar-refractivity contribution in [2.75, 3.05) is 4.90 Å². The summed E-state index contributed by atoms with van der Waals surface area (Å²) in [5.74, 6) is 0. The van der Waals surface area contributed by atoms with Gasteiger partial charge in [0.1, 0.15) is 0 Å². The molecule has 1 aliphatic rings. The molecule has 0 spiro atoms. The highest BCUT2D eigenvalue weighted by atomic mass is 35.5. The van der Waals surface area contributed by atoms with E-state index >= 15 is 0 Å². The van der Waals surface area contributed by atoms with Crippen molar-refractivity contribution in [1.82, 2.24) is 0 Å². The van der Waals surface area contributed by atoms with Crippen molar-refractivity contribution in [3.8, 4) is 0 Å². The van der Waals surface area contributed by atoms with Gasteiger partial charge in [-0.25, -0.2) is 0 Å². The topological polar surface area (TPSA) is 29.3 Å². The average Bonchev–Trinajstić information content (AvgIpc) is 2.75. The van der Waals surface area contributed by atoms with Crippen molar-refractivity contribution in [3.05, 3.63) is 58.6 Å². The predicted molar refractivity (Wildman–Crippen MR) is 90.6 cm³/mol. The minimum atomic E-state index is 0.121. The van der Waals surface area contributed by atoms with Crippen LogP contribution in [0.4, 0.5) is 11.4 Å². The number of anilines is 2. The molecule has 0 aromatic heterocycles. The highest BCUT2D eigenvalue weighted by Crippen LogP contribution is 2.43. The molecular formula is C18H21ClN2. The van der Waals surface area contributed by atoms with Crippen LogP contribution in [0.1, 0.15) is 25.0 Å². The highest BCUT2D eigenvalue weighted by Gasteiger charge is 2.29. The standard InChI is InChI=1S/C18H21ClN2/c1-12(20)10-15-7-5-8-16(19)18(15)21-13(2)11-14-6-3-4-9-17(14)21/h3-9,12-13H,10-11,20H2,1-2H3. The van der Waals surface area contributed by atoms with Gasteiger partial charge >= 0.3 is 0 Å². The largest absolute Gasteiger partial charge is 0.337 e. The first-order valence-electron chi connectivity index (χ1n) is 7.48. The fraction of sp³-hybridized carbons (Fsp3) is 0.333. The molecule has 0 bridgehead atoms. The van der Waals surface area contributed by atoms with Gasteiger partial charge in [0.05, 0.1) is 10.7 Å². The molecule has 110 valence electrons. The summed E-state index contributed by atoms with van der Waals surface area (Å²) in [6.45, 7) is 4.28. The van der Waals surface area contributed by atoms with Crippen molar-refractivity contribution in [1.29, 1.82) is 0 Å². The van der Waals surface area contributed by atoms with Gasteiger partial charge in [-0.1, -0.05) is 41.9 Å². The maximum absolute atomic E-state index is 6.54. The van der Waals surface area contributed by atoms with Gasteiger partial charge in [0.2, 0.25) is 0 Å². The Hall–Kier alpha value is -1.51. The molecule has 2 aromatic carbocycles. The van der Waals surface area contributed by atoms with Crippen LogP contribution < -0.4 is 10.6 Å². The van der Waals surface area contributed by atoms with E-state index in [9.17, 15) is 0 Å². The lowest BCUT2D eigenvalue weighted by Gasteiger charge is -2.29. The zero-order valence-corrected chi connectivity index (χ0v) is 13.3. The van der Waals surface area contributed by atoms with Crippen molar-refractivity contribution in [2.24, 2.45) is 5.73 Å². The SMILES string of the molecule is CC(N)Cc1cccc(Cl)c1N1c2ccccc2CC1C. The quantitative estimate of drug-likeness (QED) is 0.915. The number of nitrogens with zero attached hydrogens (tertiary/aromatic N) is 1. The Morgan fingerprint density at radius 3 is 2.76 bits per heavy atom. The zero-order valence-electron chi connectivity index (χ0n) is 12.5. The summed E-state index contributed by atoms with van der Waals surface area (Å²) in [6, 6.07) is 15.2. The van der Waals surface area contributed by atoms with Gasteiger partial charge in [0.15, 0.2) is 0 Å². The van der Waals surface area contributed by atoms with E-state index in [1.54, 1.807) is 0 Å². The molecule has 1 heterocycles. The summed E-state index contributed by atoms with van der Waals surface area (Å²) < 4.78 is 0. The second-order valence-electron chi connectivity index (χ2n) is 5.98. The summed E-state index contributed by atoms with van der Waals surface area (Å²) in [5, 5.41) is 0.803. The Labute approximate surface area is 131 Å². The number of hydrogen-bond donors (Lipinski definition) is 1. The molecule has 2 unspecified atom stereocenters. The molecule has 2 aromatic rings. The van der Waals surface area contributed by atoms with Gasteiger partial charge in [0.25, 0.3) is 0 Å². The Balaban J connectivity index is 2.12. The molecule has 2 atom stereocenters. The van der Waals surface area contributed by atoms with Gasteiger partial charge in [-0.3, -0.25) is 0 Å². The molecule has 0 radical (unpaired) electrons. The molecule has 3 heteroatoms. The molecule has 0 saturated carbocycles. The van der Waals surface area contributed by atoms with Gasteiger partial charge in [-0.05, 0) is 49.9 Å². The fourth-order valence-corrected chi connectivity index (χ4v) is 3.53. The molecule has 3 rings (SSSR count). The van der Waals surface area contributed by atoms with Gasteiger partial charge < -0.3 is 10.6 Å². The normalized spacial score (nSPS) is 18.7. The van der Waals surface area contributed by atoms with Crippen LogP contribution in [0.2, 0.25) is 5.02 Å². The first-order chi connectivity index (χ1) is 10.1. The van der Waals surface area contributed by atoms with E-state index in [1.807, 2.05) is 19.1 Å². The van der Waals surface area contributed by atoms with E-state index in [2.05, 4.69) is 42.2 Å². The molecule has 0 saturated heterocycles. The van der Waals surface area contributed by atoms with Gasteiger partial charge in [0, 0.05) is 17.8 Å². The molecule has 0 aliphatic carbocycles. The van der Waals surface area contributed by atoms with Crippen molar-refractivity contribution in [3.63, 3.8) is 0 Å². The van der Waals surface area contributed by atoms with Crippen LogP contribution in [-0.2, 0) is 12.8 Å². The smallest absolute Gasteiger partial charge is 0.0646 e. The van der Waals surface area contributed by atoms with E-state index in [-0.39, 0.29) is 6.04 Å². The van der Waals surface area contributed by atoms with E-state index in [4.69, 9.17) is 17.3 Å². The average molecular weight is 301 g/mol. The second-order valence-corrected chi connectivity index (χ2v) is 6.39.